The molecule has 1 aromatic rings. The van der Waals surface area contributed by atoms with Gasteiger partial charge in [-0.1, -0.05) is 44.2 Å². The minimum absolute atomic E-state index is 0.160. The molecule has 2 atom stereocenters. The van der Waals surface area contributed by atoms with Crippen LogP contribution in [0, 0.1) is 17.3 Å². The van der Waals surface area contributed by atoms with Gasteiger partial charge in [0.2, 0.25) is 0 Å². The molecule has 7 heteroatoms. The Labute approximate surface area is 178 Å². The third kappa shape index (κ3) is 4.11. The summed E-state index contributed by atoms with van der Waals surface area (Å²) in [5.41, 5.74) is 1.36. The van der Waals surface area contributed by atoms with Crippen LogP contribution in [-0.2, 0) is 30.4 Å². The average molecular weight is 417 g/mol. The van der Waals surface area contributed by atoms with Crippen LogP contribution in [0.15, 0.2) is 30.3 Å². The Hall–Kier alpha value is -1.96. The van der Waals surface area contributed by atoms with E-state index in [1.807, 2.05) is 35.0 Å². The Kier molecular flexibility index (Phi) is 5.88. The molecule has 0 radical (unpaired) electrons. The number of rotatable bonds is 7. The SMILES string of the molecule is CN1CCN(C[C@@H]2C[C@H](CCOCc3ccccc3)C2(C)C)C2(C1)OC(=O)C(=O)O2. The number of hydrogen-bond acceptors (Lipinski definition) is 7. The number of ether oxygens (including phenoxy) is 3. The summed E-state index contributed by atoms with van der Waals surface area (Å²) in [6, 6.07) is 10.2. The van der Waals surface area contributed by atoms with Gasteiger partial charge in [-0.05, 0) is 42.7 Å². The van der Waals surface area contributed by atoms with E-state index in [9.17, 15) is 9.59 Å². The van der Waals surface area contributed by atoms with Crippen molar-refractivity contribution in [3.8, 4) is 0 Å². The van der Waals surface area contributed by atoms with Gasteiger partial charge in [-0.2, -0.15) is 0 Å². The average Bonchev–Trinajstić information content (AvgIpc) is 2.99. The van der Waals surface area contributed by atoms with Crippen LogP contribution >= 0.6 is 0 Å². The van der Waals surface area contributed by atoms with Crippen molar-refractivity contribution >= 4 is 11.9 Å². The minimum Gasteiger partial charge on any atom is -0.398 e. The molecule has 164 valence electrons. The summed E-state index contributed by atoms with van der Waals surface area (Å²) >= 11 is 0. The molecule has 4 rings (SSSR count). The smallest absolute Gasteiger partial charge is 0.398 e. The molecule has 2 saturated heterocycles. The highest BCUT2D eigenvalue weighted by molar-refractivity contribution is 6.31. The van der Waals surface area contributed by atoms with E-state index in [0.29, 0.717) is 31.5 Å². The van der Waals surface area contributed by atoms with Gasteiger partial charge in [0.05, 0.1) is 13.2 Å². The lowest BCUT2D eigenvalue weighted by Gasteiger charge is -2.55. The molecule has 1 aliphatic carbocycles. The summed E-state index contributed by atoms with van der Waals surface area (Å²) in [5.74, 6) is -2.00. The first-order valence-corrected chi connectivity index (χ1v) is 10.8. The topological polar surface area (TPSA) is 68.3 Å². The van der Waals surface area contributed by atoms with Crippen LogP contribution in [-0.4, -0.2) is 67.5 Å². The third-order valence-corrected chi connectivity index (χ3v) is 7.21. The number of likely N-dealkylation sites (N-methyl/N-ethyl adjacent to an activating group) is 1. The van der Waals surface area contributed by atoms with Crippen molar-refractivity contribution in [3.63, 3.8) is 0 Å². The molecule has 1 aromatic carbocycles. The highest BCUT2D eigenvalue weighted by Crippen LogP contribution is 2.53. The second-order valence-corrected chi connectivity index (χ2v) is 9.45. The predicted octanol–water partition coefficient (Wildman–Crippen LogP) is 2.26. The van der Waals surface area contributed by atoms with E-state index in [4.69, 9.17) is 14.2 Å². The Morgan fingerprint density at radius 3 is 2.43 bits per heavy atom. The number of carbonyl (C=O) groups is 2. The maximum absolute atomic E-state index is 11.7. The molecule has 1 spiro atoms. The number of benzene rings is 1. The second-order valence-electron chi connectivity index (χ2n) is 9.45. The maximum atomic E-state index is 11.7. The van der Waals surface area contributed by atoms with E-state index in [-0.39, 0.29) is 5.41 Å². The van der Waals surface area contributed by atoms with E-state index in [1.54, 1.807) is 0 Å². The molecule has 0 N–H and O–H groups in total. The zero-order valence-corrected chi connectivity index (χ0v) is 18.1. The fraction of sp³-hybridized carbons (Fsp3) is 0.652. The summed E-state index contributed by atoms with van der Waals surface area (Å²) < 4.78 is 16.7. The standard InChI is InChI=1S/C23H32N2O5/c1-22(2)18(9-12-28-15-17-7-5-4-6-8-17)13-19(22)14-25-11-10-24(3)16-23(25)29-20(26)21(27)30-23/h4-8,18-19H,9-16H2,1-3H3/t18-,19-/m0/s1. The lowest BCUT2D eigenvalue weighted by molar-refractivity contribution is -0.277. The predicted molar refractivity (Wildman–Crippen MR) is 110 cm³/mol. The van der Waals surface area contributed by atoms with E-state index < -0.39 is 17.8 Å². The van der Waals surface area contributed by atoms with Crippen molar-refractivity contribution < 1.29 is 23.8 Å². The second kappa shape index (κ2) is 8.29. The van der Waals surface area contributed by atoms with Crippen molar-refractivity contribution in [1.82, 2.24) is 9.80 Å². The third-order valence-electron chi connectivity index (χ3n) is 7.21. The van der Waals surface area contributed by atoms with Crippen LogP contribution in [0.25, 0.3) is 0 Å². The van der Waals surface area contributed by atoms with Gasteiger partial charge in [0.15, 0.2) is 0 Å². The van der Waals surface area contributed by atoms with Crippen molar-refractivity contribution in [2.45, 2.75) is 39.2 Å². The zero-order chi connectivity index (χ0) is 21.4. The molecular weight excluding hydrogens is 384 g/mol. The number of esters is 2. The lowest BCUT2D eigenvalue weighted by Crippen LogP contribution is -2.65. The molecule has 2 heterocycles. The van der Waals surface area contributed by atoms with E-state index in [2.05, 4.69) is 26.0 Å². The zero-order valence-electron chi connectivity index (χ0n) is 18.1. The molecule has 3 fully saturated rings. The molecule has 1 saturated carbocycles. The van der Waals surface area contributed by atoms with Gasteiger partial charge in [0.25, 0.3) is 0 Å². The molecule has 0 bridgehead atoms. The molecular formula is C23H32N2O5. The van der Waals surface area contributed by atoms with Gasteiger partial charge in [-0.25, -0.2) is 14.5 Å². The highest BCUT2D eigenvalue weighted by Gasteiger charge is 2.57. The van der Waals surface area contributed by atoms with E-state index >= 15 is 0 Å². The number of hydrogen-bond donors (Lipinski definition) is 0. The van der Waals surface area contributed by atoms with Gasteiger partial charge in [0.1, 0.15) is 0 Å². The molecule has 30 heavy (non-hydrogen) atoms. The van der Waals surface area contributed by atoms with Gasteiger partial charge >= 0.3 is 17.8 Å². The van der Waals surface area contributed by atoms with E-state index in [1.165, 1.54) is 5.56 Å². The summed E-state index contributed by atoms with van der Waals surface area (Å²) in [4.78, 5) is 27.6. The molecule has 3 aliphatic rings. The lowest BCUT2D eigenvalue weighted by atomic mass is 9.53. The largest absolute Gasteiger partial charge is 0.421 e. The Morgan fingerprint density at radius 1 is 1.07 bits per heavy atom. The Morgan fingerprint density at radius 2 is 1.77 bits per heavy atom. The first kappa shape index (κ1) is 21.3. The summed E-state index contributed by atoms with van der Waals surface area (Å²) in [5, 5.41) is 0. The normalized spacial score (nSPS) is 28.2. The van der Waals surface area contributed by atoms with E-state index in [0.717, 1.165) is 32.5 Å². The van der Waals surface area contributed by atoms with Gasteiger partial charge in [0, 0.05) is 26.2 Å². The van der Waals surface area contributed by atoms with Crippen molar-refractivity contribution in [3.05, 3.63) is 35.9 Å². The molecule has 0 aromatic heterocycles. The first-order valence-electron chi connectivity index (χ1n) is 10.8. The highest BCUT2D eigenvalue weighted by atomic mass is 16.8. The van der Waals surface area contributed by atoms with Crippen molar-refractivity contribution in [2.24, 2.45) is 17.3 Å². The summed E-state index contributed by atoms with van der Waals surface area (Å²) in [6.45, 7) is 8.70. The van der Waals surface area contributed by atoms with Crippen LogP contribution < -0.4 is 0 Å². The van der Waals surface area contributed by atoms with Crippen molar-refractivity contribution in [1.29, 1.82) is 0 Å². The molecule has 2 aliphatic heterocycles. The summed E-state index contributed by atoms with van der Waals surface area (Å²) in [7, 11) is 1.94. The minimum atomic E-state index is -1.26. The molecule has 0 amide bonds. The van der Waals surface area contributed by atoms with Crippen LogP contribution in [0.5, 0.6) is 0 Å². The van der Waals surface area contributed by atoms with Crippen LogP contribution in [0.3, 0.4) is 0 Å². The van der Waals surface area contributed by atoms with Crippen molar-refractivity contribution in [2.75, 3.05) is 39.8 Å². The molecule has 0 unspecified atom stereocenters. The van der Waals surface area contributed by atoms with Gasteiger partial charge < -0.3 is 14.2 Å². The number of nitrogens with zero attached hydrogens (tertiary/aromatic N) is 2. The quantitative estimate of drug-likeness (QED) is 0.384. The van der Waals surface area contributed by atoms with Crippen LogP contribution in [0.4, 0.5) is 0 Å². The maximum Gasteiger partial charge on any atom is 0.421 e. The Balaban J connectivity index is 1.29. The first-order chi connectivity index (χ1) is 14.3. The molecule has 7 nitrogen and oxygen atoms in total. The fourth-order valence-electron chi connectivity index (χ4n) is 4.98. The Bertz CT molecular complexity index is 765. The van der Waals surface area contributed by atoms with Crippen LogP contribution in [0.2, 0.25) is 0 Å². The van der Waals surface area contributed by atoms with Gasteiger partial charge in [-0.3, -0.25) is 4.90 Å². The van der Waals surface area contributed by atoms with Gasteiger partial charge in [-0.15, -0.1) is 0 Å². The summed E-state index contributed by atoms with van der Waals surface area (Å²) in [6.07, 6.45) is 2.14. The fourth-order valence-corrected chi connectivity index (χ4v) is 4.98. The number of piperazine rings is 1. The monoisotopic (exact) mass is 416 g/mol. The van der Waals surface area contributed by atoms with Crippen LogP contribution in [0.1, 0.15) is 32.3 Å². The number of carbonyl (C=O) groups excluding carboxylic acids is 2.